The number of carboxylic acid groups (broad SMARTS) is 1. The number of thioether (sulfide) groups is 1. The molecule has 0 aromatic carbocycles. The van der Waals surface area contributed by atoms with Gasteiger partial charge >= 0.3 is 5.97 Å². The van der Waals surface area contributed by atoms with Crippen molar-refractivity contribution in [2.75, 3.05) is 11.1 Å². The van der Waals surface area contributed by atoms with E-state index in [4.69, 9.17) is 5.11 Å². The number of anilines is 1. The summed E-state index contributed by atoms with van der Waals surface area (Å²) in [6, 6.07) is 0. The summed E-state index contributed by atoms with van der Waals surface area (Å²) in [4.78, 5) is 22.8. The molecule has 0 aliphatic carbocycles. The number of carbonyl (C=O) groups excluding carboxylic acids is 1. The van der Waals surface area contributed by atoms with E-state index in [1.807, 2.05) is 20.8 Å². The van der Waals surface area contributed by atoms with Gasteiger partial charge in [-0.3, -0.25) is 14.7 Å². The van der Waals surface area contributed by atoms with Crippen LogP contribution in [0.2, 0.25) is 0 Å². The highest BCUT2D eigenvalue weighted by atomic mass is 32.2. The van der Waals surface area contributed by atoms with Gasteiger partial charge in [0.1, 0.15) is 5.25 Å². The van der Waals surface area contributed by atoms with E-state index < -0.39 is 11.2 Å². The van der Waals surface area contributed by atoms with Crippen LogP contribution in [0.1, 0.15) is 25.2 Å². The van der Waals surface area contributed by atoms with Crippen molar-refractivity contribution in [3.05, 3.63) is 11.4 Å². The van der Waals surface area contributed by atoms with E-state index in [0.717, 1.165) is 23.1 Å². The van der Waals surface area contributed by atoms with Gasteiger partial charge in [0.2, 0.25) is 5.91 Å². The number of aromatic nitrogens is 2. The monoisotopic (exact) mass is 285 g/mol. The third kappa shape index (κ3) is 4.27. The van der Waals surface area contributed by atoms with Crippen molar-refractivity contribution < 1.29 is 14.7 Å². The molecule has 0 saturated carbocycles. The largest absolute Gasteiger partial charge is 0.480 e. The van der Waals surface area contributed by atoms with Crippen molar-refractivity contribution in [1.29, 1.82) is 0 Å². The number of hydrogen-bond acceptors (Lipinski definition) is 4. The summed E-state index contributed by atoms with van der Waals surface area (Å²) in [7, 11) is 0. The van der Waals surface area contributed by atoms with Crippen LogP contribution in [0.5, 0.6) is 0 Å². The fraction of sp³-hybridized carbons (Fsp3) is 0.583. The third-order valence-electron chi connectivity index (χ3n) is 2.64. The van der Waals surface area contributed by atoms with Gasteiger partial charge in [-0.2, -0.15) is 5.10 Å². The standard InChI is InChI=1S/C12H19N3O3S/c1-6(2)11(12(17)18)19-5-9(16)13-10-7(3)14-15-8(10)4/h6,11H,5H2,1-4H3,(H,13,16)(H,14,15)(H,17,18). The molecule has 1 heterocycles. The predicted molar refractivity (Wildman–Crippen MR) is 75.4 cm³/mol. The van der Waals surface area contributed by atoms with E-state index >= 15 is 0 Å². The Bertz CT molecular complexity index is 451. The Morgan fingerprint density at radius 2 is 2.05 bits per heavy atom. The topological polar surface area (TPSA) is 95.1 Å². The quantitative estimate of drug-likeness (QED) is 0.741. The molecule has 1 amide bonds. The summed E-state index contributed by atoms with van der Waals surface area (Å²) < 4.78 is 0. The van der Waals surface area contributed by atoms with Crippen LogP contribution in [0.15, 0.2) is 0 Å². The highest BCUT2D eigenvalue weighted by Crippen LogP contribution is 2.21. The smallest absolute Gasteiger partial charge is 0.316 e. The maximum atomic E-state index is 11.8. The SMILES string of the molecule is Cc1n[nH]c(C)c1NC(=O)CSC(C(=O)O)C(C)C. The molecule has 7 heteroatoms. The van der Waals surface area contributed by atoms with Gasteiger partial charge in [0.25, 0.3) is 0 Å². The molecule has 1 aromatic rings. The second kappa shape index (κ2) is 6.60. The van der Waals surface area contributed by atoms with Crippen molar-refractivity contribution in [2.45, 2.75) is 32.9 Å². The average molecular weight is 285 g/mol. The zero-order chi connectivity index (χ0) is 14.6. The Labute approximate surface area is 116 Å². The summed E-state index contributed by atoms with van der Waals surface area (Å²) in [5.74, 6) is -1.01. The summed E-state index contributed by atoms with van der Waals surface area (Å²) in [5, 5.41) is 18.0. The molecule has 1 rings (SSSR count). The molecule has 1 unspecified atom stereocenters. The zero-order valence-electron chi connectivity index (χ0n) is 11.5. The van der Waals surface area contributed by atoms with Crippen LogP contribution in [-0.2, 0) is 9.59 Å². The van der Waals surface area contributed by atoms with Gasteiger partial charge < -0.3 is 10.4 Å². The first kappa shape index (κ1) is 15.6. The van der Waals surface area contributed by atoms with Crippen molar-refractivity contribution in [3.63, 3.8) is 0 Å². The summed E-state index contributed by atoms with van der Waals surface area (Å²) >= 11 is 1.14. The van der Waals surface area contributed by atoms with Crippen molar-refractivity contribution >= 4 is 29.3 Å². The molecule has 1 atom stereocenters. The summed E-state index contributed by atoms with van der Waals surface area (Å²) in [6.45, 7) is 7.26. The third-order valence-corrected chi connectivity index (χ3v) is 4.17. The van der Waals surface area contributed by atoms with Crippen LogP contribution in [-0.4, -0.2) is 38.2 Å². The highest BCUT2D eigenvalue weighted by Gasteiger charge is 2.23. The fourth-order valence-electron chi connectivity index (χ4n) is 1.62. The summed E-state index contributed by atoms with van der Waals surface area (Å²) in [6.07, 6.45) is 0. The Kier molecular flexibility index (Phi) is 5.41. The van der Waals surface area contributed by atoms with E-state index in [1.165, 1.54) is 0 Å². The van der Waals surface area contributed by atoms with Gasteiger partial charge in [-0.15, -0.1) is 11.8 Å². The first-order valence-electron chi connectivity index (χ1n) is 5.98. The first-order valence-corrected chi connectivity index (χ1v) is 7.03. The minimum Gasteiger partial charge on any atom is -0.480 e. The van der Waals surface area contributed by atoms with Crippen LogP contribution in [0.4, 0.5) is 5.69 Å². The molecule has 0 spiro atoms. The van der Waals surface area contributed by atoms with E-state index in [2.05, 4.69) is 15.5 Å². The average Bonchev–Trinajstić information content (AvgIpc) is 2.60. The maximum Gasteiger partial charge on any atom is 0.316 e. The lowest BCUT2D eigenvalue weighted by molar-refractivity contribution is -0.137. The number of nitrogens with zero attached hydrogens (tertiary/aromatic N) is 1. The number of nitrogens with one attached hydrogen (secondary N) is 2. The number of aromatic amines is 1. The number of H-pyrrole nitrogens is 1. The minimum absolute atomic E-state index is 0.0207. The second-order valence-electron chi connectivity index (χ2n) is 4.67. The normalized spacial score (nSPS) is 12.5. The van der Waals surface area contributed by atoms with Crippen LogP contribution >= 0.6 is 11.8 Å². The molecule has 19 heavy (non-hydrogen) atoms. The van der Waals surface area contributed by atoms with E-state index in [-0.39, 0.29) is 17.6 Å². The number of carboxylic acids is 1. The number of rotatable bonds is 6. The van der Waals surface area contributed by atoms with Gasteiger partial charge in [0, 0.05) is 0 Å². The summed E-state index contributed by atoms with van der Waals surface area (Å²) in [5.41, 5.74) is 2.17. The van der Waals surface area contributed by atoms with E-state index in [9.17, 15) is 9.59 Å². The van der Waals surface area contributed by atoms with Crippen LogP contribution in [0, 0.1) is 19.8 Å². The molecule has 3 N–H and O–H groups in total. The predicted octanol–water partition coefficient (Wildman–Crippen LogP) is 1.81. The fourth-order valence-corrected chi connectivity index (χ4v) is 2.56. The maximum absolute atomic E-state index is 11.8. The molecule has 0 radical (unpaired) electrons. The molecule has 0 aliphatic heterocycles. The van der Waals surface area contributed by atoms with Crippen LogP contribution in [0.3, 0.4) is 0 Å². The van der Waals surface area contributed by atoms with Gasteiger partial charge in [-0.05, 0) is 19.8 Å². The van der Waals surface area contributed by atoms with Crippen molar-refractivity contribution in [2.24, 2.45) is 5.92 Å². The lowest BCUT2D eigenvalue weighted by atomic mass is 10.1. The van der Waals surface area contributed by atoms with Gasteiger partial charge in [0.05, 0.1) is 22.8 Å². The van der Waals surface area contributed by atoms with E-state index in [1.54, 1.807) is 6.92 Å². The number of amides is 1. The Hall–Kier alpha value is -1.50. The Morgan fingerprint density at radius 3 is 2.47 bits per heavy atom. The van der Waals surface area contributed by atoms with Crippen LogP contribution < -0.4 is 5.32 Å². The van der Waals surface area contributed by atoms with Gasteiger partial charge in [-0.25, -0.2) is 0 Å². The molecule has 6 nitrogen and oxygen atoms in total. The lowest BCUT2D eigenvalue weighted by Gasteiger charge is -2.15. The Morgan fingerprint density at radius 1 is 1.42 bits per heavy atom. The van der Waals surface area contributed by atoms with E-state index in [0.29, 0.717) is 5.69 Å². The number of aryl methyl sites for hydroxylation is 2. The minimum atomic E-state index is -0.886. The number of hydrogen-bond donors (Lipinski definition) is 3. The zero-order valence-corrected chi connectivity index (χ0v) is 12.3. The number of aliphatic carboxylic acids is 1. The molecule has 1 aromatic heterocycles. The van der Waals surface area contributed by atoms with Crippen molar-refractivity contribution in [1.82, 2.24) is 10.2 Å². The first-order chi connectivity index (χ1) is 8.82. The Balaban J connectivity index is 2.55. The van der Waals surface area contributed by atoms with Crippen LogP contribution in [0.25, 0.3) is 0 Å². The molecular weight excluding hydrogens is 266 g/mol. The molecule has 0 bridgehead atoms. The molecule has 0 saturated heterocycles. The van der Waals surface area contributed by atoms with Gasteiger partial charge in [0.15, 0.2) is 0 Å². The molecular formula is C12H19N3O3S. The molecule has 106 valence electrons. The lowest BCUT2D eigenvalue weighted by Crippen LogP contribution is -2.25. The highest BCUT2D eigenvalue weighted by molar-refractivity contribution is 8.01. The van der Waals surface area contributed by atoms with Gasteiger partial charge in [-0.1, -0.05) is 13.8 Å². The molecule has 0 aliphatic rings. The van der Waals surface area contributed by atoms with Crippen molar-refractivity contribution in [3.8, 4) is 0 Å². The second-order valence-corrected chi connectivity index (χ2v) is 5.80. The molecule has 0 fully saturated rings. The number of carbonyl (C=O) groups is 2.